The lowest BCUT2D eigenvalue weighted by atomic mass is 10.0. The molecule has 0 amide bonds. The third-order valence-corrected chi connectivity index (χ3v) is 3.84. The van der Waals surface area contributed by atoms with Crippen LogP contribution < -0.4 is 10.6 Å². The van der Waals surface area contributed by atoms with E-state index in [0.717, 1.165) is 5.69 Å². The van der Waals surface area contributed by atoms with Crippen molar-refractivity contribution in [2.75, 3.05) is 11.4 Å². The molecule has 0 saturated heterocycles. The van der Waals surface area contributed by atoms with E-state index >= 15 is 0 Å². The van der Waals surface area contributed by atoms with Gasteiger partial charge in [-0.25, -0.2) is 0 Å². The fourth-order valence-electron chi connectivity index (χ4n) is 2.71. The SMILES string of the molecule is Cc1ccc(N2C(N)=NCC2c2ccccc2C)cc1. The molecule has 102 valence electrons. The van der Waals surface area contributed by atoms with Crippen molar-refractivity contribution in [2.45, 2.75) is 19.9 Å². The summed E-state index contributed by atoms with van der Waals surface area (Å²) in [4.78, 5) is 6.56. The lowest BCUT2D eigenvalue weighted by molar-refractivity contribution is 0.762. The Hall–Kier alpha value is -2.29. The molecule has 1 aliphatic heterocycles. The molecule has 2 aromatic rings. The average molecular weight is 265 g/mol. The van der Waals surface area contributed by atoms with Gasteiger partial charge in [-0.1, -0.05) is 42.0 Å². The summed E-state index contributed by atoms with van der Waals surface area (Å²) >= 11 is 0. The molecule has 0 bridgehead atoms. The number of nitrogens with zero attached hydrogens (tertiary/aromatic N) is 2. The molecule has 20 heavy (non-hydrogen) atoms. The van der Waals surface area contributed by atoms with Gasteiger partial charge in [0.15, 0.2) is 5.96 Å². The van der Waals surface area contributed by atoms with Gasteiger partial charge in [0, 0.05) is 5.69 Å². The Balaban J connectivity index is 2.01. The van der Waals surface area contributed by atoms with Gasteiger partial charge >= 0.3 is 0 Å². The smallest absolute Gasteiger partial charge is 0.196 e. The van der Waals surface area contributed by atoms with Gasteiger partial charge in [-0.15, -0.1) is 0 Å². The maximum atomic E-state index is 6.10. The van der Waals surface area contributed by atoms with Crippen LogP contribution in [0, 0.1) is 13.8 Å². The summed E-state index contributed by atoms with van der Waals surface area (Å²) < 4.78 is 0. The lowest BCUT2D eigenvalue weighted by Gasteiger charge is -2.27. The van der Waals surface area contributed by atoms with Crippen molar-refractivity contribution in [3.8, 4) is 0 Å². The summed E-state index contributed by atoms with van der Waals surface area (Å²) in [5.74, 6) is 0.599. The highest BCUT2D eigenvalue weighted by atomic mass is 15.3. The number of aliphatic imine (C=N–C) groups is 1. The van der Waals surface area contributed by atoms with Crippen LogP contribution in [-0.4, -0.2) is 12.5 Å². The minimum atomic E-state index is 0.193. The van der Waals surface area contributed by atoms with E-state index in [0.29, 0.717) is 12.5 Å². The molecule has 1 heterocycles. The molecule has 3 rings (SSSR count). The molecule has 2 aromatic carbocycles. The van der Waals surface area contributed by atoms with E-state index in [1.54, 1.807) is 0 Å². The topological polar surface area (TPSA) is 41.6 Å². The fraction of sp³-hybridized carbons (Fsp3) is 0.235. The Morgan fingerprint density at radius 3 is 2.45 bits per heavy atom. The fourth-order valence-corrected chi connectivity index (χ4v) is 2.71. The van der Waals surface area contributed by atoms with E-state index in [2.05, 4.69) is 72.3 Å². The van der Waals surface area contributed by atoms with Gasteiger partial charge in [0.25, 0.3) is 0 Å². The minimum Gasteiger partial charge on any atom is -0.369 e. The maximum Gasteiger partial charge on any atom is 0.196 e. The molecule has 2 N–H and O–H groups in total. The first-order valence-electron chi connectivity index (χ1n) is 6.88. The van der Waals surface area contributed by atoms with E-state index in [4.69, 9.17) is 5.73 Å². The van der Waals surface area contributed by atoms with Gasteiger partial charge < -0.3 is 10.6 Å². The summed E-state index contributed by atoms with van der Waals surface area (Å²) in [6, 6.07) is 17.1. The zero-order chi connectivity index (χ0) is 14.1. The number of nitrogens with two attached hydrogens (primary N) is 1. The molecule has 1 unspecified atom stereocenters. The zero-order valence-corrected chi connectivity index (χ0v) is 11.9. The van der Waals surface area contributed by atoms with Crippen molar-refractivity contribution in [3.05, 3.63) is 65.2 Å². The number of rotatable bonds is 2. The minimum absolute atomic E-state index is 0.193. The van der Waals surface area contributed by atoms with Crippen molar-refractivity contribution in [2.24, 2.45) is 10.7 Å². The third-order valence-electron chi connectivity index (χ3n) is 3.84. The zero-order valence-electron chi connectivity index (χ0n) is 11.9. The van der Waals surface area contributed by atoms with Crippen molar-refractivity contribution < 1.29 is 0 Å². The van der Waals surface area contributed by atoms with Gasteiger partial charge in [-0.2, -0.15) is 0 Å². The second-order valence-corrected chi connectivity index (χ2v) is 5.28. The molecule has 3 nitrogen and oxygen atoms in total. The molecule has 0 aliphatic carbocycles. The number of anilines is 1. The highest BCUT2D eigenvalue weighted by Crippen LogP contribution is 2.32. The highest BCUT2D eigenvalue weighted by molar-refractivity contribution is 5.97. The van der Waals surface area contributed by atoms with E-state index in [1.807, 2.05) is 0 Å². The van der Waals surface area contributed by atoms with Crippen LogP contribution in [0.4, 0.5) is 5.69 Å². The summed E-state index contributed by atoms with van der Waals surface area (Å²) in [5, 5.41) is 0. The number of benzene rings is 2. The van der Waals surface area contributed by atoms with Crippen LogP contribution in [0.3, 0.4) is 0 Å². The Bertz CT molecular complexity index is 644. The van der Waals surface area contributed by atoms with Crippen molar-refractivity contribution in [3.63, 3.8) is 0 Å². The van der Waals surface area contributed by atoms with Gasteiger partial charge in [0.2, 0.25) is 0 Å². The predicted octanol–water partition coefficient (Wildman–Crippen LogP) is 3.18. The second kappa shape index (κ2) is 5.00. The van der Waals surface area contributed by atoms with Crippen molar-refractivity contribution >= 4 is 11.6 Å². The largest absolute Gasteiger partial charge is 0.369 e. The molecule has 1 atom stereocenters. The first-order chi connectivity index (χ1) is 9.66. The number of guanidine groups is 1. The van der Waals surface area contributed by atoms with Crippen LogP contribution in [0.25, 0.3) is 0 Å². The van der Waals surface area contributed by atoms with Gasteiger partial charge in [-0.3, -0.25) is 4.99 Å². The van der Waals surface area contributed by atoms with Crippen LogP contribution in [-0.2, 0) is 0 Å². The summed E-state index contributed by atoms with van der Waals surface area (Å²) in [6.45, 7) is 4.94. The maximum absolute atomic E-state index is 6.10. The van der Waals surface area contributed by atoms with Crippen LogP contribution >= 0.6 is 0 Å². The molecule has 1 aliphatic rings. The van der Waals surface area contributed by atoms with Crippen molar-refractivity contribution in [1.82, 2.24) is 0 Å². The van der Waals surface area contributed by atoms with E-state index in [1.165, 1.54) is 16.7 Å². The van der Waals surface area contributed by atoms with Crippen LogP contribution in [0.5, 0.6) is 0 Å². The summed E-state index contributed by atoms with van der Waals surface area (Å²) in [6.07, 6.45) is 0. The Labute approximate surface area is 119 Å². The second-order valence-electron chi connectivity index (χ2n) is 5.28. The molecular weight excluding hydrogens is 246 g/mol. The molecule has 0 spiro atoms. The highest BCUT2D eigenvalue weighted by Gasteiger charge is 2.29. The van der Waals surface area contributed by atoms with E-state index < -0.39 is 0 Å². The van der Waals surface area contributed by atoms with Crippen LogP contribution in [0.1, 0.15) is 22.7 Å². The first-order valence-corrected chi connectivity index (χ1v) is 6.88. The van der Waals surface area contributed by atoms with E-state index in [9.17, 15) is 0 Å². The third kappa shape index (κ3) is 2.16. The predicted molar refractivity (Wildman–Crippen MR) is 84.1 cm³/mol. The van der Waals surface area contributed by atoms with Gasteiger partial charge in [0.05, 0.1) is 12.6 Å². The molecular formula is C17H19N3. The monoisotopic (exact) mass is 265 g/mol. The molecule has 3 heteroatoms. The Morgan fingerprint density at radius 1 is 1.05 bits per heavy atom. The quantitative estimate of drug-likeness (QED) is 0.906. The molecule has 0 saturated carbocycles. The molecule has 0 aromatic heterocycles. The standard InChI is InChI=1S/C17H19N3/c1-12-7-9-14(10-8-12)20-16(11-19-17(20)18)15-6-4-3-5-13(15)2/h3-10,16H,11H2,1-2H3,(H2,18,19). The lowest BCUT2D eigenvalue weighted by Crippen LogP contribution is -2.36. The molecule has 0 fully saturated rings. The summed E-state index contributed by atoms with van der Waals surface area (Å²) in [7, 11) is 0. The first kappa shape index (κ1) is 12.7. The number of hydrogen-bond acceptors (Lipinski definition) is 3. The normalized spacial score (nSPS) is 18.2. The summed E-state index contributed by atoms with van der Waals surface area (Å²) in [5.41, 5.74) is 11.0. The van der Waals surface area contributed by atoms with Crippen molar-refractivity contribution in [1.29, 1.82) is 0 Å². The van der Waals surface area contributed by atoms with E-state index in [-0.39, 0.29) is 6.04 Å². The molecule has 0 radical (unpaired) electrons. The Morgan fingerprint density at radius 2 is 1.75 bits per heavy atom. The number of hydrogen-bond donors (Lipinski definition) is 1. The van der Waals surface area contributed by atoms with Crippen LogP contribution in [0.2, 0.25) is 0 Å². The van der Waals surface area contributed by atoms with Crippen LogP contribution in [0.15, 0.2) is 53.5 Å². The van der Waals surface area contributed by atoms with Gasteiger partial charge in [-0.05, 0) is 37.1 Å². The average Bonchev–Trinajstić information content (AvgIpc) is 2.82. The number of aryl methyl sites for hydroxylation is 2. The van der Waals surface area contributed by atoms with Gasteiger partial charge in [0.1, 0.15) is 0 Å². The Kier molecular flexibility index (Phi) is 3.18.